The first-order valence-corrected chi connectivity index (χ1v) is 7.70. The van der Waals surface area contributed by atoms with Crippen molar-refractivity contribution in [3.05, 3.63) is 29.3 Å². The molecule has 0 heterocycles. The van der Waals surface area contributed by atoms with E-state index in [1.807, 2.05) is 6.92 Å². The van der Waals surface area contributed by atoms with Gasteiger partial charge in [-0.1, -0.05) is 6.07 Å². The first-order valence-electron chi connectivity index (χ1n) is 7.70. The van der Waals surface area contributed by atoms with Gasteiger partial charge in [-0.05, 0) is 43.4 Å². The molecule has 23 heavy (non-hydrogen) atoms. The van der Waals surface area contributed by atoms with Gasteiger partial charge in [-0.25, -0.2) is 4.99 Å². The Morgan fingerprint density at radius 2 is 2.04 bits per heavy atom. The number of nitrogens with one attached hydrogen (secondary N) is 2. The maximum Gasteiger partial charge on any atom is 0.416 e. The summed E-state index contributed by atoms with van der Waals surface area (Å²) in [6.07, 6.45) is -2.04. The first kappa shape index (κ1) is 17.4. The van der Waals surface area contributed by atoms with E-state index in [4.69, 9.17) is 4.74 Å². The zero-order valence-corrected chi connectivity index (χ0v) is 13.3. The SMILES string of the molecule is CCNC(=NCc1ccc(OC)cc1C(F)(F)F)NCC1CC1. The Morgan fingerprint density at radius 1 is 1.30 bits per heavy atom. The van der Waals surface area contributed by atoms with Gasteiger partial charge in [0, 0.05) is 13.1 Å². The lowest BCUT2D eigenvalue weighted by atomic mass is 10.1. The fourth-order valence-electron chi connectivity index (χ4n) is 2.15. The summed E-state index contributed by atoms with van der Waals surface area (Å²) in [5.41, 5.74) is -0.583. The molecule has 1 fully saturated rings. The lowest BCUT2D eigenvalue weighted by Gasteiger charge is -2.14. The molecule has 0 bridgehead atoms. The van der Waals surface area contributed by atoms with Crippen molar-refractivity contribution in [1.29, 1.82) is 0 Å². The summed E-state index contributed by atoms with van der Waals surface area (Å²) in [6.45, 7) is 3.34. The zero-order valence-electron chi connectivity index (χ0n) is 13.3. The van der Waals surface area contributed by atoms with Crippen LogP contribution >= 0.6 is 0 Å². The van der Waals surface area contributed by atoms with Crippen LogP contribution in [0.25, 0.3) is 0 Å². The highest BCUT2D eigenvalue weighted by molar-refractivity contribution is 5.79. The average molecular weight is 329 g/mol. The van der Waals surface area contributed by atoms with Crippen molar-refractivity contribution >= 4 is 5.96 Å². The number of methoxy groups -OCH3 is 1. The zero-order chi connectivity index (χ0) is 16.9. The molecule has 7 heteroatoms. The topological polar surface area (TPSA) is 45.7 Å². The van der Waals surface area contributed by atoms with Gasteiger partial charge in [0.2, 0.25) is 0 Å². The Kier molecular flexibility index (Phi) is 5.74. The predicted octanol–water partition coefficient (Wildman–Crippen LogP) is 3.18. The maximum absolute atomic E-state index is 13.2. The number of guanidine groups is 1. The van der Waals surface area contributed by atoms with Crippen LogP contribution in [0.2, 0.25) is 0 Å². The summed E-state index contributed by atoms with van der Waals surface area (Å²) in [4.78, 5) is 4.27. The monoisotopic (exact) mass is 329 g/mol. The molecule has 1 saturated carbocycles. The first-order chi connectivity index (χ1) is 10.9. The molecule has 0 amide bonds. The Balaban J connectivity index is 2.13. The summed E-state index contributed by atoms with van der Waals surface area (Å²) < 4.78 is 44.4. The van der Waals surface area contributed by atoms with E-state index in [2.05, 4.69) is 15.6 Å². The van der Waals surface area contributed by atoms with E-state index in [0.717, 1.165) is 12.6 Å². The van der Waals surface area contributed by atoms with Crippen LogP contribution < -0.4 is 15.4 Å². The second-order valence-electron chi connectivity index (χ2n) is 5.54. The van der Waals surface area contributed by atoms with Crippen molar-refractivity contribution in [1.82, 2.24) is 10.6 Å². The van der Waals surface area contributed by atoms with E-state index in [-0.39, 0.29) is 17.9 Å². The van der Waals surface area contributed by atoms with Gasteiger partial charge in [-0.2, -0.15) is 13.2 Å². The molecular weight excluding hydrogens is 307 g/mol. The molecule has 0 radical (unpaired) electrons. The molecule has 1 aliphatic carbocycles. The van der Waals surface area contributed by atoms with Crippen molar-refractivity contribution in [2.24, 2.45) is 10.9 Å². The molecule has 0 atom stereocenters. The standard InChI is InChI=1S/C16H22F3N3O/c1-3-20-15(21-9-11-4-5-11)22-10-12-6-7-13(23-2)8-14(12)16(17,18)19/h6-8,11H,3-5,9-10H2,1-2H3,(H2,20,21,22). The normalized spacial score (nSPS) is 15.4. The highest BCUT2D eigenvalue weighted by Gasteiger charge is 2.33. The quantitative estimate of drug-likeness (QED) is 0.622. The molecule has 0 saturated heterocycles. The number of hydrogen-bond acceptors (Lipinski definition) is 2. The molecule has 0 aliphatic heterocycles. The molecular formula is C16H22F3N3O. The number of halogens is 3. The number of alkyl halides is 3. The molecule has 1 aromatic carbocycles. The van der Waals surface area contributed by atoms with Crippen LogP contribution in [0.4, 0.5) is 13.2 Å². The largest absolute Gasteiger partial charge is 0.497 e. The van der Waals surface area contributed by atoms with Gasteiger partial charge in [-0.15, -0.1) is 0 Å². The van der Waals surface area contributed by atoms with E-state index in [1.54, 1.807) is 0 Å². The van der Waals surface area contributed by atoms with Gasteiger partial charge in [0.25, 0.3) is 0 Å². The summed E-state index contributed by atoms with van der Waals surface area (Å²) in [5, 5.41) is 6.22. The average Bonchev–Trinajstić information content (AvgIpc) is 3.33. The van der Waals surface area contributed by atoms with E-state index in [9.17, 15) is 13.2 Å². The molecule has 128 valence electrons. The van der Waals surface area contributed by atoms with Crippen LogP contribution in [0.1, 0.15) is 30.9 Å². The van der Waals surface area contributed by atoms with E-state index in [1.165, 1.54) is 32.1 Å². The van der Waals surface area contributed by atoms with Crippen molar-refractivity contribution in [3.8, 4) is 5.75 Å². The molecule has 2 rings (SSSR count). The molecule has 1 aliphatic rings. The summed E-state index contributed by atoms with van der Waals surface area (Å²) >= 11 is 0. The third-order valence-electron chi connectivity index (χ3n) is 3.63. The van der Waals surface area contributed by atoms with Crippen molar-refractivity contribution < 1.29 is 17.9 Å². The Labute approximate surface area is 134 Å². The number of ether oxygens (including phenoxy) is 1. The van der Waals surface area contributed by atoms with E-state index >= 15 is 0 Å². The van der Waals surface area contributed by atoms with Crippen molar-refractivity contribution in [2.45, 2.75) is 32.5 Å². The fourth-order valence-corrected chi connectivity index (χ4v) is 2.15. The van der Waals surface area contributed by atoms with Gasteiger partial charge in [0.1, 0.15) is 5.75 Å². The molecule has 0 aromatic heterocycles. The molecule has 2 N–H and O–H groups in total. The molecule has 4 nitrogen and oxygen atoms in total. The van der Waals surface area contributed by atoms with Crippen LogP contribution in [0.15, 0.2) is 23.2 Å². The lowest BCUT2D eigenvalue weighted by Crippen LogP contribution is -2.38. The smallest absolute Gasteiger partial charge is 0.416 e. The van der Waals surface area contributed by atoms with Gasteiger partial charge in [-0.3, -0.25) is 0 Å². The Bertz CT molecular complexity index is 554. The van der Waals surface area contributed by atoms with Gasteiger partial charge in [0.15, 0.2) is 5.96 Å². The summed E-state index contributed by atoms with van der Waals surface area (Å²) in [6, 6.07) is 3.94. The van der Waals surface area contributed by atoms with Crippen LogP contribution in [-0.2, 0) is 12.7 Å². The molecule has 1 aromatic rings. The second-order valence-corrected chi connectivity index (χ2v) is 5.54. The van der Waals surface area contributed by atoms with Crippen LogP contribution in [0, 0.1) is 5.92 Å². The Morgan fingerprint density at radius 3 is 2.61 bits per heavy atom. The fraction of sp³-hybridized carbons (Fsp3) is 0.562. The van der Waals surface area contributed by atoms with Gasteiger partial charge >= 0.3 is 6.18 Å². The Hall–Kier alpha value is -1.92. The molecule has 0 spiro atoms. The second kappa shape index (κ2) is 7.57. The number of rotatable bonds is 6. The van der Waals surface area contributed by atoms with Crippen LogP contribution in [0.3, 0.4) is 0 Å². The minimum absolute atomic E-state index is 0.0428. The molecule has 0 unspecified atom stereocenters. The highest BCUT2D eigenvalue weighted by Crippen LogP contribution is 2.34. The van der Waals surface area contributed by atoms with Crippen molar-refractivity contribution in [2.75, 3.05) is 20.2 Å². The van der Waals surface area contributed by atoms with Gasteiger partial charge in [0.05, 0.1) is 19.2 Å². The number of hydrogen-bond donors (Lipinski definition) is 2. The maximum atomic E-state index is 13.2. The highest BCUT2D eigenvalue weighted by atomic mass is 19.4. The summed E-state index contributed by atoms with van der Waals surface area (Å²) in [5.74, 6) is 1.39. The predicted molar refractivity (Wildman–Crippen MR) is 83.5 cm³/mol. The van der Waals surface area contributed by atoms with Crippen molar-refractivity contribution in [3.63, 3.8) is 0 Å². The third-order valence-corrected chi connectivity index (χ3v) is 3.63. The third kappa shape index (κ3) is 5.33. The van der Waals surface area contributed by atoms with Gasteiger partial charge < -0.3 is 15.4 Å². The van der Waals surface area contributed by atoms with Crippen LogP contribution in [-0.4, -0.2) is 26.2 Å². The minimum Gasteiger partial charge on any atom is -0.497 e. The van der Waals surface area contributed by atoms with Crippen LogP contribution in [0.5, 0.6) is 5.75 Å². The van der Waals surface area contributed by atoms with E-state index < -0.39 is 11.7 Å². The number of aliphatic imine (C=N–C) groups is 1. The number of nitrogens with zero attached hydrogens (tertiary/aromatic N) is 1. The minimum atomic E-state index is -4.43. The van der Waals surface area contributed by atoms with E-state index in [0.29, 0.717) is 18.4 Å². The summed E-state index contributed by atoms with van der Waals surface area (Å²) in [7, 11) is 1.35. The number of benzene rings is 1. The lowest BCUT2D eigenvalue weighted by molar-refractivity contribution is -0.138.